The van der Waals surface area contributed by atoms with Gasteiger partial charge in [-0.2, -0.15) is 0 Å². The second-order valence-corrected chi connectivity index (χ2v) is 8.69. The molecule has 3 aromatic carbocycles. The Kier molecular flexibility index (Phi) is 6.72. The zero-order valence-electron chi connectivity index (χ0n) is 18.0. The smallest absolute Gasteiger partial charge is 0.262 e. The first-order valence-corrected chi connectivity index (χ1v) is 11.1. The minimum atomic E-state index is -0.418. The molecule has 1 heterocycles. The van der Waals surface area contributed by atoms with Crippen LogP contribution in [0, 0.1) is 0 Å². The molecule has 0 radical (unpaired) electrons. The van der Waals surface area contributed by atoms with Gasteiger partial charge in [-0.15, -0.1) is 0 Å². The zero-order chi connectivity index (χ0) is 23.5. The Morgan fingerprint density at radius 1 is 1.00 bits per heavy atom. The lowest BCUT2D eigenvalue weighted by Gasteiger charge is -2.15. The average Bonchev–Trinajstić information content (AvgIpc) is 2.79. The van der Waals surface area contributed by atoms with E-state index in [1.807, 2.05) is 38.1 Å². The summed E-state index contributed by atoms with van der Waals surface area (Å²) in [7, 11) is 0. The number of halogens is 2. The molecule has 0 spiro atoms. The number of nitrogens with one attached hydrogen (secondary N) is 1. The molecule has 33 heavy (non-hydrogen) atoms. The van der Waals surface area contributed by atoms with Gasteiger partial charge in [0.05, 0.1) is 5.39 Å². The fourth-order valence-corrected chi connectivity index (χ4v) is 3.81. The number of benzene rings is 3. The quantitative estimate of drug-likeness (QED) is 0.324. The van der Waals surface area contributed by atoms with E-state index < -0.39 is 11.3 Å². The zero-order valence-corrected chi connectivity index (χ0v) is 19.5. The summed E-state index contributed by atoms with van der Waals surface area (Å²) < 4.78 is 11.7. The van der Waals surface area contributed by atoms with Crippen molar-refractivity contribution in [1.29, 1.82) is 0 Å². The predicted octanol–water partition coefficient (Wildman–Crippen LogP) is 6.91. The standard InChI is InChI=1S/C26H21Cl2NO4/c1-15(2)19-5-3-4-6-21(19)29-23(30)14-32-26-24(31)20-13-18(28)11-12-22(20)33-25(26)16-7-9-17(27)10-8-16/h3-13,15H,14H2,1-2H3,(H,29,30). The first-order valence-electron chi connectivity index (χ1n) is 10.4. The highest BCUT2D eigenvalue weighted by Crippen LogP contribution is 2.32. The summed E-state index contributed by atoms with van der Waals surface area (Å²) in [6, 6.07) is 19.1. The summed E-state index contributed by atoms with van der Waals surface area (Å²) >= 11 is 12.1. The second kappa shape index (κ2) is 9.69. The fraction of sp³-hybridized carbons (Fsp3) is 0.154. The summed E-state index contributed by atoms with van der Waals surface area (Å²) in [5.41, 5.74) is 2.24. The van der Waals surface area contributed by atoms with Gasteiger partial charge < -0.3 is 14.5 Å². The molecule has 0 unspecified atom stereocenters. The van der Waals surface area contributed by atoms with E-state index in [2.05, 4.69) is 5.32 Å². The Hall–Kier alpha value is -3.28. The Bertz CT molecular complexity index is 1380. The van der Waals surface area contributed by atoms with Gasteiger partial charge in [-0.3, -0.25) is 9.59 Å². The van der Waals surface area contributed by atoms with Gasteiger partial charge >= 0.3 is 0 Å². The van der Waals surface area contributed by atoms with Crippen LogP contribution < -0.4 is 15.5 Å². The van der Waals surface area contributed by atoms with Crippen LogP contribution in [0.3, 0.4) is 0 Å². The van der Waals surface area contributed by atoms with E-state index in [1.165, 1.54) is 6.07 Å². The first kappa shape index (κ1) is 22.9. The van der Waals surface area contributed by atoms with Crippen molar-refractivity contribution in [3.05, 3.63) is 92.6 Å². The SMILES string of the molecule is CC(C)c1ccccc1NC(=O)COc1c(-c2ccc(Cl)cc2)oc2ccc(Cl)cc2c1=O. The molecule has 0 aliphatic rings. The van der Waals surface area contributed by atoms with Gasteiger partial charge in [-0.05, 0) is 60.0 Å². The molecule has 168 valence electrons. The molecule has 4 aromatic rings. The van der Waals surface area contributed by atoms with Gasteiger partial charge in [0.1, 0.15) is 5.58 Å². The molecule has 4 rings (SSSR count). The maximum atomic E-state index is 13.3. The monoisotopic (exact) mass is 481 g/mol. The molecular weight excluding hydrogens is 461 g/mol. The fourth-order valence-electron chi connectivity index (χ4n) is 3.51. The van der Waals surface area contributed by atoms with Crippen LogP contribution in [-0.2, 0) is 4.79 Å². The number of fused-ring (bicyclic) bond motifs is 1. The van der Waals surface area contributed by atoms with Crippen LogP contribution in [-0.4, -0.2) is 12.5 Å². The lowest BCUT2D eigenvalue weighted by atomic mass is 10.0. The maximum absolute atomic E-state index is 13.3. The lowest BCUT2D eigenvalue weighted by Crippen LogP contribution is -2.23. The van der Waals surface area contributed by atoms with Crippen LogP contribution in [0.5, 0.6) is 5.75 Å². The number of hydrogen-bond donors (Lipinski definition) is 1. The minimum absolute atomic E-state index is 0.0700. The van der Waals surface area contributed by atoms with Crippen LogP contribution >= 0.6 is 23.2 Å². The molecule has 5 nitrogen and oxygen atoms in total. The van der Waals surface area contributed by atoms with E-state index in [9.17, 15) is 9.59 Å². The Balaban J connectivity index is 1.68. The Morgan fingerprint density at radius 3 is 2.42 bits per heavy atom. The summed E-state index contributed by atoms with van der Waals surface area (Å²) in [6.07, 6.45) is 0. The summed E-state index contributed by atoms with van der Waals surface area (Å²) in [5, 5.41) is 4.06. The van der Waals surface area contributed by atoms with Crippen molar-refractivity contribution in [3.63, 3.8) is 0 Å². The molecule has 0 saturated carbocycles. The maximum Gasteiger partial charge on any atom is 0.262 e. The predicted molar refractivity (Wildman–Crippen MR) is 133 cm³/mol. The van der Waals surface area contributed by atoms with Crippen molar-refractivity contribution in [2.75, 3.05) is 11.9 Å². The second-order valence-electron chi connectivity index (χ2n) is 7.82. The highest BCUT2D eigenvalue weighted by atomic mass is 35.5. The minimum Gasteiger partial charge on any atom is -0.476 e. The van der Waals surface area contributed by atoms with Crippen LogP contribution in [0.15, 0.2) is 75.9 Å². The number of hydrogen-bond acceptors (Lipinski definition) is 4. The molecule has 1 aromatic heterocycles. The highest BCUT2D eigenvalue weighted by Gasteiger charge is 2.20. The van der Waals surface area contributed by atoms with Gasteiger partial charge in [-0.25, -0.2) is 0 Å². The van der Waals surface area contributed by atoms with E-state index >= 15 is 0 Å². The van der Waals surface area contributed by atoms with Crippen molar-refractivity contribution in [2.45, 2.75) is 19.8 Å². The number of rotatable bonds is 6. The number of amides is 1. The van der Waals surface area contributed by atoms with Gasteiger partial charge in [-0.1, -0.05) is 55.2 Å². The highest BCUT2D eigenvalue weighted by molar-refractivity contribution is 6.31. The molecule has 0 aliphatic heterocycles. The normalized spacial score (nSPS) is 11.1. The van der Waals surface area contributed by atoms with E-state index in [0.29, 0.717) is 26.9 Å². The largest absolute Gasteiger partial charge is 0.476 e. The van der Waals surface area contributed by atoms with E-state index in [-0.39, 0.29) is 29.4 Å². The molecule has 7 heteroatoms. The molecule has 0 fully saturated rings. The van der Waals surface area contributed by atoms with Gasteiger partial charge in [0.25, 0.3) is 5.91 Å². The molecule has 0 aliphatic carbocycles. The van der Waals surface area contributed by atoms with Crippen molar-refractivity contribution in [3.8, 4) is 17.1 Å². The summed E-state index contributed by atoms with van der Waals surface area (Å²) in [6.45, 7) is 3.72. The number of carbonyl (C=O) groups excluding carboxylic acids is 1. The van der Waals surface area contributed by atoms with Crippen molar-refractivity contribution < 1.29 is 13.9 Å². The number of anilines is 1. The van der Waals surface area contributed by atoms with Crippen molar-refractivity contribution in [2.24, 2.45) is 0 Å². The third-order valence-electron chi connectivity index (χ3n) is 5.12. The molecule has 0 bridgehead atoms. The number of ether oxygens (including phenoxy) is 1. The molecular formula is C26H21Cl2NO4. The van der Waals surface area contributed by atoms with Crippen molar-refractivity contribution in [1.82, 2.24) is 0 Å². The number of para-hydroxylation sites is 1. The topological polar surface area (TPSA) is 68.5 Å². The van der Waals surface area contributed by atoms with E-state index in [1.54, 1.807) is 36.4 Å². The van der Waals surface area contributed by atoms with Crippen molar-refractivity contribution >= 4 is 45.8 Å². The van der Waals surface area contributed by atoms with Crippen LogP contribution in [0.4, 0.5) is 5.69 Å². The number of carbonyl (C=O) groups is 1. The Labute approximate surface area is 200 Å². The van der Waals surface area contributed by atoms with Gasteiger partial charge in [0.15, 0.2) is 12.4 Å². The van der Waals surface area contributed by atoms with Crippen LogP contribution in [0.2, 0.25) is 10.0 Å². The average molecular weight is 482 g/mol. The van der Waals surface area contributed by atoms with Gasteiger partial charge in [0.2, 0.25) is 11.2 Å². The lowest BCUT2D eigenvalue weighted by molar-refractivity contribution is -0.118. The third-order valence-corrected chi connectivity index (χ3v) is 5.61. The first-order chi connectivity index (χ1) is 15.8. The van der Waals surface area contributed by atoms with E-state index in [4.69, 9.17) is 32.4 Å². The summed E-state index contributed by atoms with van der Waals surface area (Å²) in [5.74, 6) is -0.0202. The summed E-state index contributed by atoms with van der Waals surface area (Å²) in [4.78, 5) is 25.9. The third kappa shape index (κ3) is 5.05. The van der Waals surface area contributed by atoms with Crippen LogP contribution in [0.1, 0.15) is 25.3 Å². The Morgan fingerprint density at radius 2 is 1.70 bits per heavy atom. The molecule has 0 atom stereocenters. The molecule has 0 saturated heterocycles. The van der Waals surface area contributed by atoms with Crippen LogP contribution in [0.25, 0.3) is 22.3 Å². The molecule has 1 N–H and O–H groups in total. The van der Waals surface area contributed by atoms with E-state index in [0.717, 1.165) is 5.56 Å². The molecule has 1 amide bonds. The van der Waals surface area contributed by atoms with Gasteiger partial charge in [0, 0.05) is 21.3 Å².